The Kier molecular flexibility index (Phi) is 4.44. The molecule has 0 fully saturated rings. The molecule has 0 saturated carbocycles. The van der Waals surface area contributed by atoms with Crippen LogP contribution in [0.3, 0.4) is 0 Å². The first-order valence-electron chi connectivity index (χ1n) is 10.4. The largest absolute Gasteiger partial charge is 0.457 e. The lowest BCUT2D eigenvalue weighted by Crippen LogP contribution is -2.11. The lowest BCUT2D eigenvalue weighted by atomic mass is 9.87. The van der Waals surface area contributed by atoms with Crippen LogP contribution in [-0.4, -0.2) is 9.55 Å². The number of hydrogen-bond donors (Lipinski definition) is 1. The van der Waals surface area contributed by atoms with E-state index in [0.717, 1.165) is 39.3 Å². The predicted octanol–water partition coefficient (Wildman–Crippen LogP) is 6.85. The van der Waals surface area contributed by atoms with Gasteiger partial charge in [0.15, 0.2) is 0 Å². The van der Waals surface area contributed by atoms with Gasteiger partial charge in [-0.3, -0.25) is 4.57 Å². The average molecular weight is 408 g/mol. The van der Waals surface area contributed by atoms with Crippen molar-refractivity contribution in [2.24, 2.45) is 0 Å². The Morgan fingerprint density at radius 3 is 2.32 bits per heavy atom. The van der Waals surface area contributed by atoms with E-state index in [0.29, 0.717) is 5.69 Å². The van der Waals surface area contributed by atoms with Crippen LogP contribution in [0.1, 0.15) is 26.3 Å². The van der Waals surface area contributed by atoms with E-state index in [-0.39, 0.29) is 5.41 Å². The summed E-state index contributed by atoms with van der Waals surface area (Å²) in [5.41, 5.74) is 10.2. The second-order valence-electron chi connectivity index (χ2n) is 8.86. The van der Waals surface area contributed by atoms with Crippen LogP contribution in [0.2, 0.25) is 0 Å². The van der Waals surface area contributed by atoms with Crippen molar-refractivity contribution in [3.63, 3.8) is 0 Å². The fourth-order valence-electron chi connectivity index (χ4n) is 4.00. The van der Waals surface area contributed by atoms with Crippen LogP contribution in [0, 0.1) is 0 Å². The van der Waals surface area contributed by atoms with E-state index in [4.69, 9.17) is 10.5 Å². The van der Waals surface area contributed by atoms with E-state index in [1.54, 1.807) is 0 Å². The highest BCUT2D eigenvalue weighted by molar-refractivity contribution is 6.09. The van der Waals surface area contributed by atoms with E-state index < -0.39 is 0 Å². The number of hydrogen-bond acceptors (Lipinski definition) is 3. The topological polar surface area (TPSA) is 53.1 Å². The van der Waals surface area contributed by atoms with Crippen molar-refractivity contribution in [1.82, 2.24) is 9.55 Å². The maximum Gasteiger partial charge on any atom is 0.137 e. The number of anilines is 1. The van der Waals surface area contributed by atoms with Gasteiger partial charge < -0.3 is 10.5 Å². The van der Waals surface area contributed by atoms with Crippen molar-refractivity contribution < 1.29 is 4.74 Å². The van der Waals surface area contributed by atoms with Crippen molar-refractivity contribution in [3.05, 3.63) is 90.6 Å². The third-order valence-electron chi connectivity index (χ3n) is 5.55. The van der Waals surface area contributed by atoms with Crippen molar-refractivity contribution in [1.29, 1.82) is 0 Å². The summed E-state index contributed by atoms with van der Waals surface area (Å²) in [7, 11) is 0. The summed E-state index contributed by atoms with van der Waals surface area (Å²) in [6.45, 7) is 6.51. The minimum Gasteiger partial charge on any atom is -0.457 e. The van der Waals surface area contributed by atoms with Gasteiger partial charge in [0, 0.05) is 34.8 Å². The maximum atomic E-state index is 6.28. The zero-order valence-corrected chi connectivity index (χ0v) is 18.0. The molecule has 154 valence electrons. The molecule has 0 saturated heterocycles. The molecule has 5 rings (SSSR count). The number of rotatable bonds is 3. The first-order valence-corrected chi connectivity index (χ1v) is 10.4. The molecule has 5 aromatic rings. The Bertz CT molecular complexity index is 1400. The third kappa shape index (κ3) is 3.50. The van der Waals surface area contributed by atoms with E-state index in [1.165, 1.54) is 5.39 Å². The molecule has 31 heavy (non-hydrogen) atoms. The highest BCUT2D eigenvalue weighted by Crippen LogP contribution is 2.36. The Labute approximate surface area is 181 Å². The minimum absolute atomic E-state index is 0.0111. The third-order valence-corrected chi connectivity index (χ3v) is 5.55. The van der Waals surface area contributed by atoms with Crippen LogP contribution >= 0.6 is 0 Å². The van der Waals surface area contributed by atoms with Crippen LogP contribution in [0.25, 0.3) is 27.6 Å². The monoisotopic (exact) mass is 407 g/mol. The van der Waals surface area contributed by atoms with Gasteiger partial charge in [0.2, 0.25) is 0 Å². The Morgan fingerprint density at radius 1 is 0.774 bits per heavy atom. The van der Waals surface area contributed by atoms with Gasteiger partial charge >= 0.3 is 0 Å². The zero-order valence-electron chi connectivity index (χ0n) is 18.0. The van der Waals surface area contributed by atoms with E-state index in [2.05, 4.69) is 72.8 Å². The molecule has 0 spiro atoms. The smallest absolute Gasteiger partial charge is 0.137 e. The molecule has 3 aromatic carbocycles. The molecular weight excluding hydrogens is 382 g/mol. The average Bonchev–Trinajstić information content (AvgIpc) is 3.07. The lowest BCUT2D eigenvalue weighted by Gasteiger charge is -2.20. The fraction of sp³-hybridized carbons (Fsp3) is 0.148. The number of pyridine rings is 1. The van der Waals surface area contributed by atoms with Crippen LogP contribution in [-0.2, 0) is 5.41 Å². The number of nitrogen functional groups attached to an aromatic ring is 1. The van der Waals surface area contributed by atoms with Crippen LogP contribution < -0.4 is 10.5 Å². The van der Waals surface area contributed by atoms with E-state index in [1.807, 2.05) is 42.6 Å². The summed E-state index contributed by atoms with van der Waals surface area (Å²) in [6.07, 6.45) is 1.82. The first-order chi connectivity index (χ1) is 14.9. The van der Waals surface area contributed by atoms with Gasteiger partial charge in [-0.2, -0.15) is 0 Å². The molecule has 4 nitrogen and oxygen atoms in total. The normalized spacial score (nSPS) is 11.8. The quantitative estimate of drug-likeness (QED) is 0.333. The summed E-state index contributed by atoms with van der Waals surface area (Å²) in [5, 5.41) is 2.35. The number of aromatic nitrogens is 2. The van der Waals surface area contributed by atoms with Crippen molar-refractivity contribution in [3.8, 4) is 17.3 Å². The molecule has 0 aliphatic heterocycles. The predicted molar refractivity (Wildman–Crippen MR) is 128 cm³/mol. The standard InChI is InChI=1S/C27H25N3O/c1-27(2,3)18-14-19(28)16-21(15-18)31-20-11-12-23-22-8-4-5-9-24(22)30(25(23)17-20)26-10-6-7-13-29-26/h4-17H,28H2,1-3H3. The molecule has 2 aromatic heterocycles. The number of benzene rings is 3. The Morgan fingerprint density at radius 2 is 1.55 bits per heavy atom. The summed E-state index contributed by atoms with van der Waals surface area (Å²) >= 11 is 0. The molecule has 0 aliphatic carbocycles. The van der Waals surface area contributed by atoms with Gasteiger partial charge in [0.25, 0.3) is 0 Å². The second kappa shape index (κ2) is 7.17. The van der Waals surface area contributed by atoms with Crippen molar-refractivity contribution in [2.45, 2.75) is 26.2 Å². The first kappa shape index (κ1) is 19.2. The molecule has 2 N–H and O–H groups in total. The maximum absolute atomic E-state index is 6.28. The Balaban J connectivity index is 1.66. The van der Waals surface area contributed by atoms with Crippen LogP contribution in [0.4, 0.5) is 5.69 Å². The number of para-hydroxylation sites is 1. The highest BCUT2D eigenvalue weighted by Gasteiger charge is 2.17. The molecule has 2 heterocycles. The number of nitrogens with two attached hydrogens (primary N) is 1. The summed E-state index contributed by atoms with van der Waals surface area (Å²) in [4.78, 5) is 4.59. The van der Waals surface area contributed by atoms with Gasteiger partial charge in [0.05, 0.1) is 11.0 Å². The molecular formula is C27H25N3O. The summed E-state index contributed by atoms with van der Waals surface area (Å²) in [6, 6.07) is 26.5. The highest BCUT2D eigenvalue weighted by atomic mass is 16.5. The van der Waals surface area contributed by atoms with Gasteiger partial charge in [-0.15, -0.1) is 0 Å². The number of ether oxygens (including phenoxy) is 1. The number of nitrogens with zero attached hydrogens (tertiary/aromatic N) is 2. The molecule has 0 atom stereocenters. The fourth-order valence-corrected chi connectivity index (χ4v) is 4.00. The second-order valence-corrected chi connectivity index (χ2v) is 8.86. The summed E-state index contributed by atoms with van der Waals surface area (Å²) < 4.78 is 8.45. The molecule has 0 bridgehead atoms. The molecule has 0 amide bonds. The molecule has 0 aliphatic rings. The van der Waals surface area contributed by atoms with Gasteiger partial charge in [-0.05, 0) is 53.4 Å². The van der Waals surface area contributed by atoms with Gasteiger partial charge in [-0.25, -0.2) is 4.98 Å². The van der Waals surface area contributed by atoms with Crippen molar-refractivity contribution in [2.75, 3.05) is 5.73 Å². The number of fused-ring (bicyclic) bond motifs is 3. The molecule has 0 radical (unpaired) electrons. The van der Waals surface area contributed by atoms with Crippen molar-refractivity contribution >= 4 is 27.5 Å². The van der Waals surface area contributed by atoms with E-state index in [9.17, 15) is 0 Å². The Hall–Kier alpha value is -3.79. The van der Waals surface area contributed by atoms with Crippen LogP contribution in [0.15, 0.2) is 85.1 Å². The van der Waals surface area contributed by atoms with Gasteiger partial charge in [0.1, 0.15) is 17.3 Å². The molecule has 4 heteroatoms. The SMILES string of the molecule is CC(C)(C)c1cc(N)cc(Oc2ccc3c4ccccc4n(-c4ccccn4)c3c2)c1. The van der Waals surface area contributed by atoms with E-state index >= 15 is 0 Å². The minimum atomic E-state index is -0.0111. The van der Waals surface area contributed by atoms with Gasteiger partial charge in [-0.1, -0.05) is 45.0 Å². The lowest BCUT2D eigenvalue weighted by molar-refractivity contribution is 0.479. The summed E-state index contributed by atoms with van der Waals surface area (Å²) in [5.74, 6) is 2.38. The zero-order chi connectivity index (χ0) is 21.6. The van der Waals surface area contributed by atoms with Crippen LogP contribution in [0.5, 0.6) is 11.5 Å². The molecule has 0 unspecified atom stereocenters.